The average molecular weight is 177 g/mol. The summed E-state index contributed by atoms with van der Waals surface area (Å²) in [6.07, 6.45) is 6.67. The van der Waals surface area contributed by atoms with E-state index in [1.54, 1.807) is 0 Å². The van der Waals surface area contributed by atoms with Crippen LogP contribution < -0.4 is 0 Å². The van der Waals surface area contributed by atoms with Crippen LogP contribution in [0.3, 0.4) is 0 Å². The minimum atomic E-state index is -0.578. The van der Waals surface area contributed by atoms with Gasteiger partial charge in [-0.05, 0) is 12.0 Å². The maximum Gasteiger partial charge on any atom is 0.370 e. The number of rotatable bonds is 2. The first kappa shape index (κ1) is 7.85. The lowest BCUT2D eigenvalue weighted by molar-refractivity contribution is 0.209. The standard InChI is InChI=1S/C8H7N3O2/c12-7-9-10-8(13)11(7)5-6-3-1-2-4-6/h1,3-4H,2,5H2. The van der Waals surface area contributed by atoms with Crippen LogP contribution in [0.25, 0.3) is 0 Å². The largest absolute Gasteiger partial charge is 0.370 e. The Balaban J connectivity index is 2.06. The van der Waals surface area contributed by atoms with E-state index in [4.69, 9.17) is 0 Å². The Labute approximate surface area is 74.4 Å². The normalized spacial score (nSPS) is 20.3. The van der Waals surface area contributed by atoms with Crippen LogP contribution in [0.5, 0.6) is 0 Å². The van der Waals surface area contributed by atoms with Crippen molar-refractivity contribution < 1.29 is 9.59 Å². The van der Waals surface area contributed by atoms with Crippen LogP contribution in [0.2, 0.25) is 0 Å². The topological polar surface area (TPSA) is 62.1 Å². The summed E-state index contributed by atoms with van der Waals surface area (Å²) in [6, 6.07) is -1.16. The molecule has 1 aliphatic heterocycles. The molecule has 0 fully saturated rings. The van der Waals surface area contributed by atoms with Gasteiger partial charge in [0.05, 0.1) is 6.54 Å². The van der Waals surface area contributed by atoms with Gasteiger partial charge in [-0.15, -0.1) is 0 Å². The molecule has 1 aliphatic carbocycles. The first-order valence-electron chi connectivity index (χ1n) is 3.90. The predicted octanol–water partition coefficient (Wildman–Crippen LogP) is 1.88. The molecular weight excluding hydrogens is 170 g/mol. The van der Waals surface area contributed by atoms with Gasteiger partial charge in [-0.3, -0.25) is 0 Å². The van der Waals surface area contributed by atoms with Crippen LogP contribution in [0.15, 0.2) is 34.0 Å². The lowest BCUT2D eigenvalue weighted by atomic mass is 10.3. The van der Waals surface area contributed by atoms with Crippen molar-refractivity contribution in [1.29, 1.82) is 0 Å². The lowest BCUT2D eigenvalue weighted by Crippen LogP contribution is -2.29. The molecule has 5 heteroatoms. The number of carbonyl (C=O) groups excluding carboxylic acids is 2. The minimum absolute atomic E-state index is 0.279. The highest BCUT2D eigenvalue weighted by Gasteiger charge is 2.27. The van der Waals surface area contributed by atoms with E-state index in [1.807, 2.05) is 18.2 Å². The molecule has 0 bridgehead atoms. The van der Waals surface area contributed by atoms with Crippen molar-refractivity contribution in [3.63, 3.8) is 0 Å². The number of allylic oxidation sites excluding steroid dienone is 2. The molecule has 0 aromatic rings. The third kappa shape index (κ3) is 1.40. The zero-order chi connectivity index (χ0) is 9.26. The van der Waals surface area contributed by atoms with Gasteiger partial charge in [0.1, 0.15) is 0 Å². The maximum absolute atomic E-state index is 11.0. The van der Waals surface area contributed by atoms with Crippen molar-refractivity contribution in [1.82, 2.24) is 4.90 Å². The number of hydrogen-bond acceptors (Lipinski definition) is 2. The molecule has 0 radical (unpaired) electrons. The molecule has 0 unspecified atom stereocenters. The molecule has 2 rings (SSSR count). The van der Waals surface area contributed by atoms with Gasteiger partial charge >= 0.3 is 12.1 Å². The van der Waals surface area contributed by atoms with E-state index in [-0.39, 0.29) is 6.54 Å². The SMILES string of the molecule is O=C1N=NC(=O)N1CC1=CCC=C1. The smallest absolute Gasteiger partial charge is 0.244 e. The summed E-state index contributed by atoms with van der Waals surface area (Å²) in [5.41, 5.74) is 0.953. The summed E-state index contributed by atoms with van der Waals surface area (Å²) >= 11 is 0. The van der Waals surface area contributed by atoms with Crippen LogP contribution in [0.1, 0.15) is 6.42 Å². The van der Waals surface area contributed by atoms with Gasteiger partial charge in [0.25, 0.3) is 0 Å². The van der Waals surface area contributed by atoms with E-state index in [9.17, 15) is 9.59 Å². The predicted molar refractivity (Wildman–Crippen MR) is 44.2 cm³/mol. The molecule has 0 atom stereocenters. The van der Waals surface area contributed by atoms with Crippen LogP contribution in [0, 0.1) is 0 Å². The molecule has 0 saturated heterocycles. The van der Waals surface area contributed by atoms with Gasteiger partial charge < -0.3 is 0 Å². The van der Waals surface area contributed by atoms with Crippen molar-refractivity contribution in [2.24, 2.45) is 10.2 Å². The zero-order valence-corrected chi connectivity index (χ0v) is 6.80. The molecule has 0 saturated carbocycles. The van der Waals surface area contributed by atoms with E-state index in [0.29, 0.717) is 0 Å². The molecule has 0 N–H and O–H groups in total. The highest BCUT2D eigenvalue weighted by Crippen LogP contribution is 2.14. The van der Waals surface area contributed by atoms with Gasteiger partial charge in [0, 0.05) is 0 Å². The molecule has 66 valence electrons. The number of imide groups is 1. The van der Waals surface area contributed by atoms with Gasteiger partial charge in [-0.2, -0.15) is 0 Å². The van der Waals surface area contributed by atoms with E-state index in [2.05, 4.69) is 10.2 Å². The molecule has 1 heterocycles. The van der Waals surface area contributed by atoms with Crippen molar-refractivity contribution in [2.45, 2.75) is 6.42 Å². The monoisotopic (exact) mass is 177 g/mol. The van der Waals surface area contributed by atoms with Crippen LogP contribution in [-0.4, -0.2) is 23.5 Å². The van der Waals surface area contributed by atoms with Crippen molar-refractivity contribution >= 4 is 12.1 Å². The summed E-state index contributed by atoms with van der Waals surface area (Å²) in [5, 5.41) is 6.30. The fourth-order valence-electron chi connectivity index (χ4n) is 1.22. The first-order valence-corrected chi connectivity index (χ1v) is 3.90. The van der Waals surface area contributed by atoms with Gasteiger partial charge in [-0.1, -0.05) is 28.5 Å². The Morgan fingerprint density at radius 2 is 2.00 bits per heavy atom. The number of carbonyl (C=O) groups is 2. The number of amides is 4. The number of nitrogens with zero attached hydrogens (tertiary/aromatic N) is 3. The summed E-state index contributed by atoms with van der Waals surface area (Å²) in [5.74, 6) is 0. The van der Waals surface area contributed by atoms with E-state index in [0.717, 1.165) is 16.9 Å². The average Bonchev–Trinajstić information content (AvgIpc) is 2.70. The van der Waals surface area contributed by atoms with Gasteiger partial charge in [0.15, 0.2) is 0 Å². The molecule has 5 nitrogen and oxygen atoms in total. The van der Waals surface area contributed by atoms with Crippen molar-refractivity contribution in [3.8, 4) is 0 Å². The summed E-state index contributed by atoms with van der Waals surface area (Å²) < 4.78 is 0. The van der Waals surface area contributed by atoms with Crippen molar-refractivity contribution in [3.05, 3.63) is 23.8 Å². The zero-order valence-electron chi connectivity index (χ0n) is 6.80. The van der Waals surface area contributed by atoms with Crippen LogP contribution in [-0.2, 0) is 0 Å². The number of azo groups is 1. The highest BCUT2D eigenvalue weighted by molar-refractivity contribution is 5.98. The molecule has 0 spiro atoms. The second-order valence-corrected chi connectivity index (χ2v) is 2.77. The lowest BCUT2D eigenvalue weighted by Gasteiger charge is -2.09. The van der Waals surface area contributed by atoms with Crippen molar-refractivity contribution in [2.75, 3.05) is 6.54 Å². The Morgan fingerprint density at radius 1 is 1.31 bits per heavy atom. The van der Waals surface area contributed by atoms with Crippen LogP contribution >= 0.6 is 0 Å². The third-order valence-electron chi connectivity index (χ3n) is 1.87. The Hall–Kier alpha value is -1.78. The number of urea groups is 2. The fraction of sp³-hybridized carbons (Fsp3) is 0.250. The maximum atomic E-state index is 11.0. The molecule has 13 heavy (non-hydrogen) atoms. The Bertz CT molecular complexity index is 336. The first-order chi connectivity index (χ1) is 6.27. The van der Waals surface area contributed by atoms with E-state index < -0.39 is 12.1 Å². The third-order valence-corrected chi connectivity index (χ3v) is 1.87. The Kier molecular flexibility index (Phi) is 1.77. The quantitative estimate of drug-likeness (QED) is 0.646. The van der Waals surface area contributed by atoms with Gasteiger partial charge in [0.2, 0.25) is 0 Å². The van der Waals surface area contributed by atoms with Crippen LogP contribution in [0.4, 0.5) is 9.59 Å². The van der Waals surface area contributed by atoms with E-state index >= 15 is 0 Å². The highest BCUT2D eigenvalue weighted by atomic mass is 16.2. The molecule has 4 amide bonds. The molecule has 0 aromatic carbocycles. The molecule has 2 aliphatic rings. The summed E-state index contributed by atoms with van der Waals surface area (Å²) in [7, 11) is 0. The Morgan fingerprint density at radius 3 is 2.54 bits per heavy atom. The number of hydrogen-bond donors (Lipinski definition) is 0. The summed E-state index contributed by atoms with van der Waals surface area (Å²) in [6.45, 7) is 0.279. The van der Waals surface area contributed by atoms with E-state index in [1.165, 1.54) is 0 Å². The fourth-order valence-corrected chi connectivity index (χ4v) is 1.22. The molecule has 0 aromatic heterocycles. The summed E-state index contributed by atoms with van der Waals surface area (Å²) in [4.78, 5) is 22.9. The minimum Gasteiger partial charge on any atom is -0.244 e. The van der Waals surface area contributed by atoms with Gasteiger partial charge in [-0.25, -0.2) is 14.5 Å². The second-order valence-electron chi connectivity index (χ2n) is 2.77. The second kappa shape index (κ2) is 2.93. The molecular formula is C8H7N3O2.